The first-order valence-electron chi connectivity index (χ1n) is 7.52. The monoisotopic (exact) mass is 343 g/mol. The second-order valence-electron chi connectivity index (χ2n) is 6.05. The highest BCUT2D eigenvalue weighted by Gasteiger charge is 2.31. The minimum atomic E-state index is -4.44. The Morgan fingerprint density at radius 3 is 2.54 bits per heavy atom. The van der Waals surface area contributed by atoms with Gasteiger partial charge >= 0.3 is 11.9 Å². The van der Waals surface area contributed by atoms with Crippen LogP contribution >= 0.6 is 0 Å². The van der Waals surface area contributed by atoms with Gasteiger partial charge in [-0.2, -0.15) is 18.3 Å². The summed E-state index contributed by atoms with van der Waals surface area (Å²) in [4.78, 5) is 31.8. The number of nitrogens with one attached hydrogen (secondary N) is 2. The third kappa shape index (κ3) is 3.92. The molecule has 1 aliphatic carbocycles. The number of nitrogens with zero attached hydrogens (tertiary/aromatic N) is 3. The quantitative estimate of drug-likeness (QED) is 0.849. The topological polar surface area (TPSA) is 96.4 Å². The summed E-state index contributed by atoms with van der Waals surface area (Å²) >= 11 is 0. The van der Waals surface area contributed by atoms with Crippen LogP contribution in [-0.4, -0.2) is 30.9 Å². The molecule has 0 bridgehead atoms. The molecule has 2 heterocycles. The molecule has 7 nitrogen and oxygen atoms in total. The van der Waals surface area contributed by atoms with E-state index in [2.05, 4.69) is 20.1 Å². The highest BCUT2D eigenvalue weighted by atomic mass is 19.4. The minimum Gasteiger partial charge on any atom is -0.311 e. The fourth-order valence-electron chi connectivity index (χ4n) is 2.52. The molecule has 2 aromatic rings. The Kier molecular flexibility index (Phi) is 4.06. The summed E-state index contributed by atoms with van der Waals surface area (Å²) in [5.41, 5.74) is -0.827. The molecule has 0 radical (unpaired) electrons. The van der Waals surface area contributed by atoms with Gasteiger partial charge in [-0.05, 0) is 25.7 Å². The van der Waals surface area contributed by atoms with Gasteiger partial charge in [0.1, 0.15) is 12.4 Å². The summed E-state index contributed by atoms with van der Waals surface area (Å²) in [5, 5.41) is 3.95. The summed E-state index contributed by atoms with van der Waals surface area (Å²) in [5.74, 6) is 0.844. The molecule has 2 aromatic heterocycles. The van der Waals surface area contributed by atoms with Crippen molar-refractivity contribution in [1.29, 1.82) is 0 Å². The Labute approximate surface area is 133 Å². The zero-order chi connectivity index (χ0) is 17.5. The molecule has 0 aromatic carbocycles. The normalized spacial score (nSPS) is 15.0. The fraction of sp³-hybridized carbons (Fsp3) is 0.571. The Morgan fingerprint density at radius 1 is 1.25 bits per heavy atom. The molecule has 24 heavy (non-hydrogen) atoms. The van der Waals surface area contributed by atoms with E-state index < -0.39 is 24.0 Å². The van der Waals surface area contributed by atoms with Crippen LogP contribution in [-0.2, 0) is 19.4 Å². The number of alkyl halides is 3. The molecular weight excluding hydrogens is 327 g/mol. The van der Waals surface area contributed by atoms with Crippen LogP contribution in [0.1, 0.15) is 35.7 Å². The van der Waals surface area contributed by atoms with Gasteiger partial charge in [-0.1, -0.05) is 0 Å². The molecule has 0 amide bonds. The highest BCUT2D eigenvalue weighted by molar-refractivity contribution is 5.19. The van der Waals surface area contributed by atoms with Crippen molar-refractivity contribution >= 4 is 0 Å². The van der Waals surface area contributed by atoms with Crippen molar-refractivity contribution < 1.29 is 13.2 Å². The van der Waals surface area contributed by atoms with E-state index in [0.717, 1.165) is 17.5 Å². The molecule has 0 atom stereocenters. The molecule has 3 rings (SSSR count). The van der Waals surface area contributed by atoms with E-state index in [1.54, 1.807) is 0 Å². The van der Waals surface area contributed by atoms with Gasteiger partial charge in [-0.3, -0.25) is 9.78 Å². The molecule has 1 fully saturated rings. The summed E-state index contributed by atoms with van der Waals surface area (Å²) in [6.07, 6.45) is -1.97. The van der Waals surface area contributed by atoms with Crippen LogP contribution in [0.5, 0.6) is 0 Å². The summed E-state index contributed by atoms with van der Waals surface area (Å²) in [6.45, 7) is 0.252. The van der Waals surface area contributed by atoms with Gasteiger partial charge in [-0.15, -0.1) is 0 Å². The molecule has 1 saturated carbocycles. The largest absolute Gasteiger partial charge is 0.408 e. The minimum absolute atomic E-state index is 0.0589. The van der Waals surface area contributed by atoms with E-state index in [9.17, 15) is 22.8 Å². The standard InChI is InChI=1S/C14H16F3N5O2/c1-7-9(12(23)20-13(24)18-7)5-11-19-10(4-8-2-3-8)21-22(11)6-14(15,16)17/h8H,2-6H2,1H3,(H2,18,20,23,24). The lowest BCUT2D eigenvalue weighted by Crippen LogP contribution is -2.28. The molecule has 0 saturated heterocycles. The van der Waals surface area contributed by atoms with Crippen molar-refractivity contribution in [1.82, 2.24) is 24.7 Å². The van der Waals surface area contributed by atoms with Gasteiger partial charge in [0.15, 0.2) is 5.82 Å². The van der Waals surface area contributed by atoms with E-state index in [1.165, 1.54) is 6.92 Å². The molecule has 130 valence electrons. The van der Waals surface area contributed by atoms with Crippen LogP contribution in [0.2, 0.25) is 0 Å². The number of hydrogen-bond donors (Lipinski definition) is 2. The summed E-state index contributed by atoms with van der Waals surface area (Å²) < 4.78 is 39.0. The van der Waals surface area contributed by atoms with Gasteiger partial charge in [0.25, 0.3) is 5.56 Å². The Balaban J connectivity index is 1.94. The van der Waals surface area contributed by atoms with Crippen molar-refractivity contribution in [2.75, 3.05) is 0 Å². The average molecular weight is 343 g/mol. The molecular formula is C14H16F3N5O2. The molecule has 0 aliphatic heterocycles. The third-order valence-corrected chi connectivity index (χ3v) is 3.88. The molecule has 1 aliphatic rings. The number of halogens is 3. The van der Waals surface area contributed by atoms with E-state index >= 15 is 0 Å². The second-order valence-corrected chi connectivity index (χ2v) is 6.05. The van der Waals surface area contributed by atoms with Crippen molar-refractivity contribution in [3.05, 3.63) is 43.7 Å². The van der Waals surface area contributed by atoms with Crippen LogP contribution in [0.15, 0.2) is 9.59 Å². The van der Waals surface area contributed by atoms with Gasteiger partial charge < -0.3 is 4.98 Å². The van der Waals surface area contributed by atoms with Crippen LogP contribution in [0.25, 0.3) is 0 Å². The first-order chi connectivity index (χ1) is 11.2. The number of aryl methyl sites for hydroxylation is 1. The number of H-pyrrole nitrogens is 2. The molecule has 2 N–H and O–H groups in total. The summed E-state index contributed by atoms with van der Waals surface area (Å²) in [6, 6.07) is 0. The van der Waals surface area contributed by atoms with Crippen LogP contribution in [0.4, 0.5) is 13.2 Å². The second kappa shape index (κ2) is 5.91. The number of aromatic amines is 2. The Hall–Kier alpha value is -2.39. The van der Waals surface area contributed by atoms with E-state index in [0.29, 0.717) is 23.9 Å². The first-order valence-corrected chi connectivity index (χ1v) is 7.52. The number of hydrogen-bond acceptors (Lipinski definition) is 4. The molecule has 0 spiro atoms. The van der Waals surface area contributed by atoms with Crippen molar-refractivity contribution in [2.24, 2.45) is 5.92 Å². The lowest BCUT2D eigenvalue weighted by molar-refractivity contribution is -0.143. The van der Waals surface area contributed by atoms with Gasteiger partial charge in [0.05, 0.1) is 0 Å². The van der Waals surface area contributed by atoms with Gasteiger partial charge in [0.2, 0.25) is 0 Å². The van der Waals surface area contributed by atoms with Crippen LogP contribution in [0, 0.1) is 12.8 Å². The van der Waals surface area contributed by atoms with E-state index in [4.69, 9.17) is 0 Å². The van der Waals surface area contributed by atoms with Crippen molar-refractivity contribution in [3.8, 4) is 0 Å². The maximum atomic E-state index is 12.8. The van der Waals surface area contributed by atoms with Gasteiger partial charge in [-0.25, -0.2) is 14.5 Å². The lowest BCUT2D eigenvalue weighted by Gasteiger charge is -2.09. The molecule has 10 heteroatoms. The zero-order valence-corrected chi connectivity index (χ0v) is 12.9. The predicted octanol–water partition coefficient (Wildman–Crippen LogP) is 1.07. The fourth-order valence-corrected chi connectivity index (χ4v) is 2.52. The molecule has 0 unspecified atom stereocenters. The predicted molar refractivity (Wildman–Crippen MR) is 77.7 cm³/mol. The Bertz CT molecular complexity index is 861. The number of rotatable bonds is 5. The number of aromatic nitrogens is 5. The zero-order valence-electron chi connectivity index (χ0n) is 12.9. The van der Waals surface area contributed by atoms with Crippen molar-refractivity contribution in [2.45, 2.75) is 45.3 Å². The van der Waals surface area contributed by atoms with Gasteiger partial charge in [0, 0.05) is 24.1 Å². The Morgan fingerprint density at radius 2 is 1.96 bits per heavy atom. The lowest BCUT2D eigenvalue weighted by atomic mass is 10.1. The maximum absolute atomic E-state index is 12.8. The highest BCUT2D eigenvalue weighted by Crippen LogP contribution is 2.32. The summed E-state index contributed by atoms with van der Waals surface area (Å²) in [7, 11) is 0. The third-order valence-electron chi connectivity index (χ3n) is 3.88. The average Bonchev–Trinajstić information content (AvgIpc) is 3.15. The van der Waals surface area contributed by atoms with Crippen LogP contribution in [0.3, 0.4) is 0 Å². The maximum Gasteiger partial charge on any atom is 0.408 e. The van der Waals surface area contributed by atoms with Crippen LogP contribution < -0.4 is 11.2 Å². The SMILES string of the molecule is Cc1[nH]c(=O)[nH]c(=O)c1Cc1nc(CC2CC2)nn1CC(F)(F)F. The van der Waals surface area contributed by atoms with E-state index in [1.807, 2.05) is 0 Å². The van der Waals surface area contributed by atoms with Crippen molar-refractivity contribution in [3.63, 3.8) is 0 Å². The van der Waals surface area contributed by atoms with E-state index in [-0.39, 0.29) is 17.8 Å². The first kappa shape index (κ1) is 16.5. The smallest absolute Gasteiger partial charge is 0.311 e.